The second-order valence-corrected chi connectivity index (χ2v) is 11.7. The number of carbonyl (C=O) groups excluding carboxylic acids is 2. The number of halogens is 2. The van der Waals surface area contributed by atoms with Gasteiger partial charge in [0, 0.05) is 32.1 Å². The smallest absolute Gasteiger partial charge is 0.325 e. The van der Waals surface area contributed by atoms with Gasteiger partial charge in [-0.1, -0.05) is 41.5 Å². The number of ketones is 1. The van der Waals surface area contributed by atoms with E-state index in [-0.39, 0.29) is 23.7 Å². The summed E-state index contributed by atoms with van der Waals surface area (Å²) in [6.07, 6.45) is 1.12. The Hall–Kier alpha value is -1.09. The lowest BCUT2D eigenvalue weighted by molar-refractivity contribution is -0.143. The first-order chi connectivity index (χ1) is 14.0. The fourth-order valence-electron chi connectivity index (χ4n) is 3.76. The van der Waals surface area contributed by atoms with E-state index in [0.29, 0.717) is 34.8 Å². The normalized spacial score (nSPS) is 16.3. The summed E-state index contributed by atoms with van der Waals surface area (Å²) in [5, 5.41) is 0. The molecule has 1 aromatic carbocycles. The topological polar surface area (TPSA) is 65.4 Å². The highest BCUT2D eigenvalue weighted by atomic mass is 79.9. The highest BCUT2D eigenvalue weighted by molar-refractivity contribution is 9.10. The molecule has 0 amide bonds. The van der Waals surface area contributed by atoms with Crippen LogP contribution in [0.15, 0.2) is 37.4 Å². The lowest BCUT2D eigenvalue weighted by Crippen LogP contribution is -2.29. The Kier molecular flexibility index (Phi) is 7.22. The molecule has 9 heteroatoms. The molecule has 0 spiro atoms. The molecule has 0 N–H and O–H groups in total. The lowest BCUT2D eigenvalue weighted by Gasteiger charge is -2.30. The van der Waals surface area contributed by atoms with Gasteiger partial charge in [0.15, 0.2) is 5.78 Å². The van der Waals surface area contributed by atoms with Crippen molar-refractivity contribution >= 4 is 60.1 Å². The van der Waals surface area contributed by atoms with E-state index in [1.807, 2.05) is 23.6 Å². The molecule has 0 aliphatic heterocycles. The van der Waals surface area contributed by atoms with E-state index in [2.05, 4.69) is 29.8 Å². The Bertz CT molecular complexity index is 1050. The van der Waals surface area contributed by atoms with Crippen molar-refractivity contribution in [3.8, 4) is 0 Å². The van der Waals surface area contributed by atoms with Crippen LogP contribution in [0.4, 0.5) is 0 Å². The third kappa shape index (κ3) is 4.87. The van der Waals surface area contributed by atoms with Gasteiger partial charge >= 0.3 is 5.97 Å². The van der Waals surface area contributed by atoms with Gasteiger partial charge in [-0.2, -0.15) is 0 Å². The van der Waals surface area contributed by atoms with Crippen LogP contribution in [0.2, 0.25) is 0 Å². The highest BCUT2D eigenvalue weighted by Crippen LogP contribution is 2.45. The van der Waals surface area contributed by atoms with Crippen molar-refractivity contribution < 1.29 is 18.5 Å². The largest absolute Gasteiger partial charge is 0.465 e. The number of rotatable bonds is 6. The predicted molar refractivity (Wildman–Crippen MR) is 123 cm³/mol. The van der Waals surface area contributed by atoms with Gasteiger partial charge < -0.3 is 9.30 Å². The van der Waals surface area contributed by atoms with E-state index in [4.69, 9.17) is 15.4 Å². The van der Waals surface area contributed by atoms with Crippen molar-refractivity contribution in [2.75, 3.05) is 6.61 Å². The predicted octanol–water partition coefficient (Wildman–Crippen LogP) is 5.69. The molecule has 5 nitrogen and oxygen atoms in total. The Morgan fingerprint density at radius 3 is 2.70 bits per heavy atom. The number of aromatic nitrogens is 1. The highest BCUT2D eigenvalue weighted by Gasteiger charge is 2.37. The van der Waals surface area contributed by atoms with Crippen molar-refractivity contribution in [1.29, 1.82) is 0 Å². The molecule has 30 heavy (non-hydrogen) atoms. The van der Waals surface area contributed by atoms with Crippen molar-refractivity contribution in [1.82, 2.24) is 4.57 Å². The molecular formula is C21H23BrClNO4S2. The molecule has 1 aliphatic rings. The molecule has 1 heterocycles. The first-order valence-electron chi connectivity index (χ1n) is 9.50. The molecule has 0 radical (unpaired) electrons. The average molecular weight is 533 g/mol. The monoisotopic (exact) mass is 531 g/mol. The number of esters is 1. The molecule has 0 fully saturated rings. The minimum absolute atomic E-state index is 0.0557. The van der Waals surface area contributed by atoms with Crippen molar-refractivity contribution in [2.45, 2.75) is 61.8 Å². The molecule has 0 bridgehead atoms. The fraction of sp³-hybridized carbons (Fsp3) is 0.429. The average Bonchev–Trinajstić information content (AvgIpc) is 2.87. The number of fused-ring (bicyclic) bond motifs is 1. The van der Waals surface area contributed by atoms with Gasteiger partial charge in [-0.25, -0.2) is 4.21 Å². The maximum Gasteiger partial charge on any atom is 0.325 e. The van der Waals surface area contributed by atoms with Crippen LogP contribution in [0.1, 0.15) is 48.9 Å². The Morgan fingerprint density at radius 2 is 2.07 bits per heavy atom. The second kappa shape index (κ2) is 9.18. The standard InChI is InChI=1S/C21H23BrClNO4S2/c1-5-28-18(26)11-24-12(2)20(19-14(24)9-21(3,4)10-15(19)25)29-16-7-6-13(22)8-17(16)30(23)27/h6-8H,5,9-11H2,1-4H3. The maximum absolute atomic E-state index is 13.1. The summed E-state index contributed by atoms with van der Waals surface area (Å²) < 4.78 is 19.9. The molecular weight excluding hydrogens is 510 g/mol. The maximum atomic E-state index is 13.1. The van der Waals surface area contributed by atoms with Gasteiger partial charge in [-0.05, 0) is 54.6 Å². The minimum atomic E-state index is -1.70. The Morgan fingerprint density at radius 1 is 1.37 bits per heavy atom. The summed E-state index contributed by atoms with van der Waals surface area (Å²) in [7, 11) is 4.21. The van der Waals surface area contributed by atoms with Gasteiger partial charge in [-0.15, -0.1) is 0 Å². The summed E-state index contributed by atoms with van der Waals surface area (Å²) in [5.74, 6) is -0.280. The molecule has 2 aromatic rings. The van der Waals surface area contributed by atoms with Crippen molar-refractivity contribution in [2.24, 2.45) is 5.41 Å². The molecule has 162 valence electrons. The van der Waals surface area contributed by atoms with E-state index in [1.54, 1.807) is 13.0 Å². The summed E-state index contributed by atoms with van der Waals surface area (Å²) in [5.41, 5.74) is 2.13. The van der Waals surface area contributed by atoms with Crippen LogP contribution in [-0.4, -0.2) is 27.1 Å². The Balaban J connectivity index is 2.14. The molecule has 3 rings (SSSR count). The van der Waals surface area contributed by atoms with Crippen LogP contribution in [0.5, 0.6) is 0 Å². The zero-order chi connectivity index (χ0) is 22.2. The minimum Gasteiger partial charge on any atom is -0.465 e. The van der Waals surface area contributed by atoms with Crippen LogP contribution in [0, 0.1) is 12.3 Å². The number of nitrogens with zero attached hydrogens (tertiary/aromatic N) is 1. The van der Waals surface area contributed by atoms with Gasteiger partial charge in [-0.3, -0.25) is 9.59 Å². The molecule has 1 aromatic heterocycles. The number of Topliss-reactive ketones (excluding diaryl/α,β-unsaturated/α-hetero) is 1. The van der Waals surface area contributed by atoms with Gasteiger partial charge in [0.05, 0.1) is 17.1 Å². The molecule has 1 atom stereocenters. The van der Waals surface area contributed by atoms with E-state index in [9.17, 15) is 13.8 Å². The zero-order valence-electron chi connectivity index (χ0n) is 17.2. The van der Waals surface area contributed by atoms with E-state index in [1.165, 1.54) is 11.8 Å². The van der Waals surface area contributed by atoms with Crippen LogP contribution in [-0.2, 0) is 32.5 Å². The first-order valence-corrected chi connectivity index (χ1v) is 13.1. The lowest BCUT2D eigenvalue weighted by atomic mass is 9.76. The van der Waals surface area contributed by atoms with Gasteiger partial charge in [0.2, 0.25) is 0 Å². The third-order valence-electron chi connectivity index (χ3n) is 5.02. The number of carbonyl (C=O) groups is 2. The summed E-state index contributed by atoms with van der Waals surface area (Å²) in [4.78, 5) is 27.3. The zero-order valence-corrected chi connectivity index (χ0v) is 21.2. The Labute approximate surface area is 196 Å². The SMILES string of the molecule is CCOC(=O)Cn1c(C)c(Sc2ccc(Br)cc2S(=O)Cl)c2c1CC(C)(C)CC2=O. The number of ether oxygens (including phenoxy) is 1. The van der Waals surface area contributed by atoms with E-state index >= 15 is 0 Å². The van der Waals surface area contributed by atoms with Gasteiger partial charge in [0.1, 0.15) is 16.6 Å². The quantitative estimate of drug-likeness (QED) is 0.353. The summed E-state index contributed by atoms with van der Waals surface area (Å²) in [6, 6.07) is 5.39. The van der Waals surface area contributed by atoms with Crippen LogP contribution < -0.4 is 0 Å². The van der Waals surface area contributed by atoms with E-state index < -0.39 is 10.0 Å². The number of hydrogen-bond donors (Lipinski definition) is 0. The summed E-state index contributed by atoms with van der Waals surface area (Å²) in [6.45, 7) is 8.14. The van der Waals surface area contributed by atoms with Crippen LogP contribution in [0.3, 0.4) is 0 Å². The molecule has 1 unspecified atom stereocenters. The van der Waals surface area contributed by atoms with Crippen LogP contribution in [0.25, 0.3) is 0 Å². The first kappa shape index (κ1) is 23.6. The van der Waals surface area contributed by atoms with Crippen molar-refractivity contribution in [3.63, 3.8) is 0 Å². The van der Waals surface area contributed by atoms with Crippen molar-refractivity contribution in [3.05, 3.63) is 39.6 Å². The number of hydrogen-bond acceptors (Lipinski definition) is 5. The number of benzene rings is 1. The van der Waals surface area contributed by atoms with Crippen LogP contribution >= 0.6 is 38.4 Å². The van der Waals surface area contributed by atoms with E-state index in [0.717, 1.165) is 20.8 Å². The van der Waals surface area contributed by atoms with Gasteiger partial charge in [0.25, 0.3) is 0 Å². The molecule has 0 saturated heterocycles. The fourth-order valence-corrected chi connectivity index (χ4v) is 6.70. The summed E-state index contributed by atoms with van der Waals surface area (Å²) >= 11 is 4.75. The molecule has 0 saturated carbocycles. The third-order valence-corrected chi connectivity index (χ3v) is 8.11. The second-order valence-electron chi connectivity index (χ2n) is 7.98. The molecule has 1 aliphatic carbocycles.